The van der Waals surface area contributed by atoms with E-state index in [1.165, 1.54) is 0 Å². The molecule has 0 spiro atoms. The number of hydrogen-bond donors (Lipinski definition) is 0. The normalized spacial score (nSPS) is 12.6. The van der Waals surface area contributed by atoms with Gasteiger partial charge in [-0.2, -0.15) is 0 Å². The van der Waals surface area contributed by atoms with Crippen LogP contribution in [0.3, 0.4) is 0 Å². The van der Waals surface area contributed by atoms with Crippen molar-refractivity contribution < 1.29 is 9.53 Å². The summed E-state index contributed by atoms with van der Waals surface area (Å²) >= 11 is 3.39. The van der Waals surface area contributed by atoms with E-state index < -0.39 is 0 Å². The number of fused-ring (bicyclic) bond motifs is 1. The summed E-state index contributed by atoms with van der Waals surface area (Å²) in [4.78, 5) is 15.3. The largest absolute Gasteiger partial charge is 0.488 e. The van der Waals surface area contributed by atoms with Crippen LogP contribution in [0.25, 0.3) is 0 Å². The van der Waals surface area contributed by atoms with E-state index in [1.54, 1.807) is 12.3 Å². The molecule has 1 heterocycles. The molecular weight excluding hydrogens is 306 g/mol. The minimum absolute atomic E-state index is 0.205. The third-order valence-corrected chi connectivity index (χ3v) is 3.44. The molecule has 1 aliphatic rings. The van der Waals surface area contributed by atoms with Crippen LogP contribution in [-0.2, 0) is 6.61 Å². The van der Waals surface area contributed by atoms with Crippen molar-refractivity contribution in [2.24, 2.45) is 4.99 Å². The van der Waals surface area contributed by atoms with Crippen LogP contribution in [0.5, 0.6) is 5.75 Å². The average Bonchev–Trinajstić information content (AvgIpc) is 2.81. The topological polar surface area (TPSA) is 38.7 Å². The number of carbonyl (C=O) groups is 1. The molecule has 94 valence electrons. The van der Waals surface area contributed by atoms with E-state index in [2.05, 4.69) is 20.9 Å². The lowest BCUT2D eigenvalue weighted by Gasteiger charge is -2.09. The third-order valence-electron chi connectivity index (χ3n) is 2.92. The number of halogens is 1. The SMILES string of the molecule is O=C1N=Cc2c(OCc3ccc(Br)cc3)cccc21. The molecule has 0 radical (unpaired) electrons. The van der Waals surface area contributed by atoms with Crippen molar-refractivity contribution in [2.75, 3.05) is 0 Å². The van der Waals surface area contributed by atoms with E-state index in [4.69, 9.17) is 4.74 Å². The van der Waals surface area contributed by atoms with Crippen molar-refractivity contribution in [3.8, 4) is 5.75 Å². The van der Waals surface area contributed by atoms with E-state index in [0.29, 0.717) is 17.9 Å². The van der Waals surface area contributed by atoms with E-state index in [-0.39, 0.29) is 5.91 Å². The summed E-state index contributed by atoms with van der Waals surface area (Å²) in [7, 11) is 0. The zero-order valence-corrected chi connectivity index (χ0v) is 11.6. The Morgan fingerprint density at radius 1 is 1.11 bits per heavy atom. The van der Waals surface area contributed by atoms with E-state index in [9.17, 15) is 4.79 Å². The molecule has 4 heteroatoms. The van der Waals surface area contributed by atoms with Gasteiger partial charge >= 0.3 is 0 Å². The fourth-order valence-corrected chi connectivity index (χ4v) is 2.19. The van der Waals surface area contributed by atoms with Crippen LogP contribution >= 0.6 is 15.9 Å². The molecule has 0 saturated carbocycles. The fourth-order valence-electron chi connectivity index (χ4n) is 1.92. The fraction of sp³-hybridized carbons (Fsp3) is 0.0667. The molecule has 0 saturated heterocycles. The molecule has 0 N–H and O–H groups in total. The Hall–Kier alpha value is -1.94. The molecule has 1 aliphatic heterocycles. The Labute approximate surface area is 119 Å². The first-order chi connectivity index (χ1) is 9.24. The second-order valence-corrected chi connectivity index (χ2v) is 5.11. The number of carbonyl (C=O) groups excluding carboxylic acids is 1. The van der Waals surface area contributed by atoms with Gasteiger partial charge in [0.25, 0.3) is 5.91 Å². The molecule has 0 unspecified atom stereocenters. The zero-order chi connectivity index (χ0) is 13.2. The Morgan fingerprint density at radius 3 is 2.68 bits per heavy atom. The van der Waals surface area contributed by atoms with Crippen molar-refractivity contribution in [3.63, 3.8) is 0 Å². The number of amides is 1. The van der Waals surface area contributed by atoms with Gasteiger partial charge in [-0.15, -0.1) is 0 Å². The lowest BCUT2D eigenvalue weighted by Crippen LogP contribution is -1.99. The summed E-state index contributed by atoms with van der Waals surface area (Å²) in [5, 5.41) is 0. The van der Waals surface area contributed by atoms with Gasteiger partial charge in [0.15, 0.2) is 0 Å². The van der Waals surface area contributed by atoms with E-state index >= 15 is 0 Å². The lowest BCUT2D eigenvalue weighted by molar-refractivity contribution is 0.101. The molecule has 2 aromatic rings. The Balaban J connectivity index is 1.80. The number of nitrogens with zero attached hydrogens (tertiary/aromatic N) is 1. The van der Waals surface area contributed by atoms with Crippen LogP contribution in [0.2, 0.25) is 0 Å². The van der Waals surface area contributed by atoms with Crippen molar-refractivity contribution in [1.82, 2.24) is 0 Å². The number of aliphatic imine (C=N–C) groups is 1. The summed E-state index contributed by atoms with van der Waals surface area (Å²) < 4.78 is 6.80. The Kier molecular flexibility index (Phi) is 3.17. The lowest BCUT2D eigenvalue weighted by atomic mass is 10.1. The highest BCUT2D eigenvalue weighted by atomic mass is 79.9. The molecule has 0 aliphatic carbocycles. The summed E-state index contributed by atoms with van der Waals surface area (Å²) in [6, 6.07) is 13.3. The van der Waals surface area contributed by atoms with Gasteiger partial charge in [-0.25, -0.2) is 4.99 Å². The Bertz CT molecular complexity index is 662. The van der Waals surface area contributed by atoms with Crippen LogP contribution in [0, 0.1) is 0 Å². The first-order valence-electron chi connectivity index (χ1n) is 5.83. The second-order valence-electron chi connectivity index (χ2n) is 4.20. The summed E-state index contributed by atoms with van der Waals surface area (Å²) in [5.41, 5.74) is 2.44. The molecule has 0 aromatic heterocycles. The highest BCUT2D eigenvalue weighted by Gasteiger charge is 2.18. The predicted molar refractivity (Wildman–Crippen MR) is 76.8 cm³/mol. The van der Waals surface area contributed by atoms with Crippen LogP contribution in [0.1, 0.15) is 21.5 Å². The maximum atomic E-state index is 11.5. The number of ether oxygens (including phenoxy) is 1. The molecule has 19 heavy (non-hydrogen) atoms. The minimum atomic E-state index is -0.205. The van der Waals surface area contributed by atoms with Crippen LogP contribution < -0.4 is 4.74 Å². The predicted octanol–water partition coefficient (Wildman–Crippen LogP) is 3.60. The van der Waals surface area contributed by atoms with Gasteiger partial charge in [-0.3, -0.25) is 4.79 Å². The first kappa shape index (κ1) is 12.1. The van der Waals surface area contributed by atoms with Crippen molar-refractivity contribution in [3.05, 3.63) is 63.6 Å². The van der Waals surface area contributed by atoms with Crippen LogP contribution in [0.15, 0.2) is 51.9 Å². The van der Waals surface area contributed by atoms with Crippen LogP contribution in [0.4, 0.5) is 0 Å². The molecule has 1 amide bonds. The Morgan fingerprint density at radius 2 is 1.89 bits per heavy atom. The average molecular weight is 316 g/mol. The van der Waals surface area contributed by atoms with E-state index in [1.807, 2.05) is 36.4 Å². The van der Waals surface area contributed by atoms with Gasteiger partial charge in [0.2, 0.25) is 0 Å². The highest BCUT2D eigenvalue weighted by molar-refractivity contribution is 9.10. The van der Waals surface area contributed by atoms with Crippen molar-refractivity contribution in [2.45, 2.75) is 6.61 Å². The molecule has 3 nitrogen and oxygen atoms in total. The van der Waals surface area contributed by atoms with Gasteiger partial charge in [-0.05, 0) is 29.8 Å². The first-order valence-corrected chi connectivity index (χ1v) is 6.62. The maximum Gasteiger partial charge on any atom is 0.277 e. The van der Waals surface area contributed by atoms with Gasteiger partial charge in [0, 0.05) is 16.3 Å². The van der Waals surface area contributed by atoms with Crippen LogP contribution in [-0.4, -0.2) is 12.1 Å². The summed E-state index contributed by atoms with van der Waals surface area (Å²) in [6.07, 6.45) is 1.56. The zero-order valence-electron chi connectivity index (χ0n) is 9.97. The van der Waals surface area contributed by atoms with E-state index in [0.717, 1.165) is 15.6 Å². The number of benzene rings is 2. The van der Waals surface area contributed by atoms with Crippen molar-refractivity contribution in [1.29, 1.82) is 0 Å². The van der Waals surface area contributed by atoms with Gasteiger partial charge in [-0.1, -0.05) is 34.1 Å². The monoisotopic (exact) mass is 315 g/mol. The second kappa shape index (κ2) is 4.97. The maximum absolute atomic E-state index is 11.5. The minimum Gasteiger partial charge on any atom is -0.488 e. The third kappa shape index (κ3) is 2.44. The van der Waals surface area contributed by atoms with Crippen molar-refractivity contribution >= 4 is 28.1 Å². The molecule has 0 bridgehead atoms. The molecular formula is C15H10BrNO2. The molecule has 0 fully saturated rings. The smallest absolute Gasteiger partial charge is 0.277 e. The molecule has 2 aromatic carbocycles. The number of hydrogen-bond acceptors (Lipinski definition) is 2. The van der Waals surface area contributed by atoms with Gasteiger partial charge in [0.05, 0.1) is 5.56 Å². The van der Waals surface area contributed by atoms with Gasteiger partial charge < -0.3 is 4.74 Å². The molecule has 0 atom stereocenters. The summed E-state index contributed by atoms with van der Waals surface area (Å²) in [5.74, 6) is 0.485. The highest BCUT2D eigenvalue weighted by Crippen LogP contribution is 2.25. The standard InChI is InChI=1S/C15H10BrNO2/c16-11-6-4-10(5-7-11)9-19-14-3-1-2-12-13(14)8-17-15(12)18/h1-8H,9H2. The van der Waals surface area contributed by atoms with Gasteiger partial charge in [0.1, 0.15) is 12.4 Å². The quantitative estimate of drug-likeness (QED) is 0.868. The molecule has 3 rings (SSSR count). The summed E-state index contributed by atoms with van der Waals surface area (Å²) in [6.45, 7) is 0.464. The number of rotatable bonds is 3.